The number of carbonyl (C=O) groups excluding carboxylic acids is 1. The van der Waals surface area contributed by atoms with E-state index in [9.17, 15) is 4.79 Å². The quantitative estimate of drug-likeness (QED) is 0.280. The summed E-state index contributed by atoms with van der Waals surface area (Å²) in [4.78, 5) is 12.1. The summed E-state index contributed by atoms with van der Waals surface area (Å²) in [6.07, 6.45) is 11.5. The molecule has 0 radical (unpaired) electrons. The molecule has 0 unspecified atom stereocenters. The van der Waals surface area contributed by atoms with Crippen molar-refractivity contribution in [1.82, 2.24) is 0 Å². The van der Waals surface area contributed by atoms with Gasteiger partial charge in [0.2, 0.25) is 5.24 Å². The van der Waals surface area contributed by atoms with E-state index in [1.54, 1.807) is 17.8 Å². The van der Waals surface area contributed by atoms with Gasteiger partial charge in [0.15, 0.2) is 0 Å². The fraction of sp³-hybridized carbons (Fsp3) is 0.438. The Morgan fingerprint density at radius 3 is 2.74 bits per heavy atom. The first-order valence-corrected chi connectivity index (χ1v) is 8.32. The molecule has 0 atom stereocenters. The Morgan fingerprint density at radius 2 is 2.11 bits per heavy atom. The standard InChI is InChI=1S/C16H21ClOS/c1-3-4-5-6-8-13-9-7-10-14(16(13)19-2)11-12-15(17)18/h7,9-12H,3-6,8H2,1-2H3/b12-11+. The molecule has 0 N–H and O–H groups in total. The summed E-state index contributed by atoms with van der Waals surface area (Å²) in [6, 6.07) is 6.25. The summed E-state index contributed by atoms with van der Waals surface area (Å²) < 4.78 is 0. The van der Waals surface area contributed by atoms with Gasteiger partial charge in [-0.3, -0.25) is 4.79 Å². The van der Waals surface area contributed by atoms with Gasteiger partial charge in [-0.25, -0.2) is 0 Å². The van der Waals surface area contributed by atoms with Crippen molar-refractivity contribution in [3.05, 3.63) is 35.4 Å². The SMILES string of the molecule is CCCCCCc1cccc(/C=C/C(=O)Cl)c1SC. The van der Waals surface area contributed by atoms with Crippen LogP contribution < -0.4 is 0 Å². The second-order valence-corrected chi connectivity index (χ2v) is 5.68. The second kappa shape index (κ2) is 9.22. The fourth-order valence-electron chi connectivity index (χ4n) is 2.08. The number of unbranched alkanes of at least 4 members (excludes halogenated alkanes) is 3. The summed E-state index contributed by atoms with van der Waals surface area (Å²) >= 11 is 7.08. The van der Waals surface area contributed by atoms with E-state index in [1.807, 2.05) is 12.1 Å². The lowest BCUT2D eigenvalue weighted by Gasteiger charge is -2.10. The van der Waals surface area contributed by atoms with Crippen LogP contribution in [-0.2, 0) is 11.2 Å². The molecule has 0 heterocycles. The average molecular weight is 297 g/mol. The van der Waals surface area contributed by atoms with Crippen LogP contribution in [0.3, 0.4) is 0 Å². The van der Waals surface area contributed by atoms with Gasteiger partial charge in [-0.1, -0.05) is 44.4 Å². The van der Waals surface area contributed by atoms with E-state index in [1.165, 1.54) is 42.2 Å². The molecule has 0 saturated heterocycles. The van der Waals surface area contributed by atoms with Crippen molar-refractivity contribution >= 4 is 34.7 Å². The lowest BCUT2D eigenvalue weighted by Crippen LogP contribution is -1.92. The highest BCUT2D eigenvalue weighted by Crippen LogP contribution is 2.27. The number of hydrogen-bond donors (Lipinski definition) is 0. The number of allylic oxidation sites excluding steroid dienone is 1. The van der Waals surface area contributed by atoms with Gasteiger partial charge in [-0.2, -0.15) is 0 Å². The van der Waals surface area contributed by atoms with E-state index in [0.717, 1.165) is 12.0 Å². The summed E-state index contributed by atoms with van der Waals surface area (Å²) in [7, 11) is 0. The molecule has 0 fully saturated rings. The predicted octanol–water partition coefficient (Wildman–Crippen LogP) is 5.31. The minimum atomic E-state index is -0.430. The first-order valence-electron chi connectivity index (χ1n) is 6.72. The lowest BCUT2D eigenvalue weighted by molar-refractivity contribution is -0.107. The largest absolute Gasteiger partial charge is 0.276 e. The molecule has 0 aliphatic heterocycles. The topological polar surface area (TPSA) is 17.1 Å². The van der Waals surface area contributed by atoms with Gasteiger partial charge in [0.1, 0.15) is 0 Å². The Morgan fingerprint density at radius 1 is 1.32 bits per heavy atom. The third-order valence-electron chi connectivity index (χ3n) is 3.02. The summed E-state index contributed by atoms with van der Waals surface area (Å²) in [5.41, 5.74) is 2.45. The third-order valence-corrected chi connectivity index (χ3v) is 4.06. The Labute approximate surface area is 125 Å². The first-order chi connectivity index (χ1) is 9.19. The highest BCUT2D eigenvalue weighted by atomic mass is 35.5. The Kier molecular flexibility index (Phi) is 7.92. The fourth-order valence-corrected chi connectivity index (χ4v) is 2.95. The van der Waals surface area contributed by atoms with E-state index >= 15 is 0 Å². The van der Waals surface area contributed by atoms with Crippen LogP contribution in [0, 0.1) is 0 Å². The molecule has 0 aromatic heterocycles. The van der Waals surface area contributed by atoms with E-state index in [0.29, 0.717) is 0 Å². The maximum atomic E-state index is 10.8. The molecule has 1 aromatic carbocycles. The van der Waals surface area contributed by atoms with Gasteiger partial charge in [0.25, 0.3) is 0 Å². The number of thioether (sulfide) groups is 1. The molecule has 0 aliphatic rings. The Hall–Kier alpha value is -0.730. The molecule has 1 rings (SSSR count). The summed E-state index contributed by atoms with van der Waals surface area (Å²) in [5, 5.41) is -0.430. The molecule has 0 aliphatic carbocycles. The highest BCUT2D eigenvalue weighted by molar-refractivity contribution is 7.98. The number of carbonyl (C=O) groups is 1. The van der Waals surface area contributed by atoms with Gasteiger partial charge < -0.3 is 0 Å². The molecule has 0 bridgehead atoms. The van der Waals surface area contributed by atoms with E-state index in [2.05, 4.69) is 19.2 Å². The van der Waals surface area contributed by atoms with Crippen LogP contribution in [0.15, 0.2) is 29.2 Å². The highest BCUT2D eigenvalue weighted by Gasteiger charge is 2.05. The zero-order chi connectivity index (χ0) is 14.1. The number of rotatable bonds is 8. The summed E-state index contributed by atoms with van der Waals surface area (Å²) in [5.74, 6) is 0. The zero-order valence-electron chi connectivity index (χ0n) is 11.6. The van der Waals surface area contributed by atoms with Gasteiger partial charge >= 0.3 is 0 Å². The zero-order valence-corrected chi connectivity index (χ0v) is 13.2. The predicted molar refractivity (Wildman–Crippen MR) is 86.0 cm³/mol. The maximum absolute atomic E-state index is 10.8. The number of hydrogen-bond acceptors (Lipinski definition) is 2. The van der Waals surface area contributed by atoms with Crippen LogP contribution in [0.1, 0.15) is 43.7 Å². The van der Waals surface area contributed by atoms with Crippen LogP contribution in [0.25, 0.3) is 6.08 Å². The van der Waals surface area contributed by atoms with E-state index in [4.69, 9.17) is 11.6 Å². The molecule has 3 heteroatoms. The molecular weight excluding hydrogens is 276 g/mol. The van der Waals surface area contributed by atoms with Gasteiger partial charge in [-0.05, 0) is 54.0 Å². The molecule has 19 heavy (non-hydrogen) atoms. The van der Waals surface area contributed by atoms with Crippen LogP contribution in [0.4, 0.5) is 0 Å². The smallest absolute Gasteiger partial charge is 0.245 e. The molecule has 0 spiro atoms. The van der Waals surface area contributed by atoms with Crippen molar-refractivity contribution in [2.75, 3.05) is 6.26 Å². The third kappa shape index (κ3) is 5.84. The molecule has 1 aromatic rings. The molecular formula is C16H21ClOS. The molecule has 1 nitrogen and oxygen atoms in total. The van der Waals surface area contributed by atoms with Crippen LogP contribution >= 0.6 is 23.4 Å². The van der Waals surface area contributed by atoms with Crippen molar-refractivity contribution in [2.45, 2.75) is 43.9 Å². The minimum absolute atomic E-state index is 0.430. The number of aryl methyl sites for hydroxylation is 1. The average Bonchev–Trinajstić information content (AvgIpc) is 2.41. The Bertz CT molecular complexity index is 440. The number of benzene rings is 1. The number of halogens is 1. The first kappa shape index (κ1) is 16.3. The monoisotopic (exact) mass is 296 g/mol. The minimum Gasteiger partial charge on any atom is -0.276 e. The van der Waals surface area contributed by atoms with Crippen molar-refractivity contribution in [3.8, 4) is 0 Å². The van der Waals surface area contributed by atoms with E-state index in [-0.39, 0.29) is 0 Å². The van der Waals surface area contributed by atoms with Crippen molar-refractivity contribution in [3.63, 3.8) is 0 Å². The molecule has 0 saturated carbocycles. The molecule has 0 amide bonds. The van der Waals surface area contributed by atoms with Crippen LogP contribution in [0.2, 0.25) is 0 Å². The second-order valence-electron chi connectivity index (χ2n) is 4.49. The molecule has 104 valence electrons. The van der Waals surface area contributed by atoms with Crippen LogP contribution in [0.5, 0.6) is 0 Å². The van der Waals surface area contributed by atoms with Crippen molar-refractivity contribution < 1.29 is 4.79 Å². The summed E-state index contributed by atoms with van der Waals surface area (Å²) in [6.45, 7) is 2.22. The maximum Gasteiger partial charge on any atom is 0.245 e. The van der Waals surface area contributed by atoms with Gasteiger partial charge in [-0.15, -0.1) is 11.8 Å². The van der Waals surface area contributed by atoms with E-state index < -0.39 is 5.24 Å². The lowest BCUT2D eigenvalue weighted by atomic mass is 10.0. The normalized spacial score (nSPS) is 11.1. The van der Waals surface area contributed by atoms with Crippen molar-refractivity contribution in [1.29, 1.82) is 0 Å². The van der Waals surface area contributed by atoms with Gasteiger partial charge in [0.05, 0.1) is 0 Å². The van der Waals surface area contributed by atoms with Crippen molar-refractivity contribution in [2.24, 2.45) is 0 Å². The Balaban J connectivity index is 2.80. The van der Waals surface area contributed by atoms with Gasteiger partial charge in [0, 0.05) is 4.90 Å². The van der Waals surface area contributed by atoms with Crippen LogP contribution in [-0.4, -0.2) is 11.5 Å².